The van der Waals surface area contributed by atoms with Crippen LogP contribution in [0.4, 0.5) is 21.3 Å². The topological polar surface area (TPSA) is 155 Å². The van der Waals surface area contributed by atoms with Gasteiger partial charge in [0.25, 0.3) is 0 Å². The lowest BCUT2D eigenvalue weighted by molar-refractivity contribution is -0.136. The van der Waals surface area contributed by atoms with E-state index in [1.807, 2.05) is 25.1 Å². The molecule has 0 radical (unpaired) electrons. The van der Waals surface area contributed by atoms with Gasteiger partial charge in [-0.15, -0.1) is 5.10 Å². The molecule has 0 unspecified atom stereocenters. The molecule has 2 aromatic heterocycles. The van der Waals surface area contributed by atoms with E-state index in [0.717, 1.165) is 54.5 Å². The molecular formula is C22H26N8O4S2. The predicted octanol–water partition coefficient (Wildman–Crippen LogP) is 3.53. The number of benzene rings is 1. The summed E-state index contributed by atoms with van der Waals surface area (Å²) in [5.74, 6) is -1.07. The summed E-state index contributed by atoms with van der Waals surface area (Å²) in [4.78, 5) is 43.6. The quantitative estimate of drug-likeness (QED) is 0.350. The third kappa shape index (κ3) is 5.99. The first-order valence-electron chi connectivity index (χ1n) is 11.3. The molecule has 4 rings (SSSR count). The van der Waals surface area contributed by atoms with E-state index in [1.54, 1.807) is 19.2 Å². The Morgan fingerprint density at radius 2 is 1.97 bits per heavy atom. The third-order valence-corrected chi connectivity index (χ3v) is 7.98. The van der Waals surface area contributed by atoms with Gasteiger partial charge in [-0.1, -0.05) is 24.2 Å². The smallest absolute Gasteiger partial charge is 0.325 e. The first-order valence-corrected chi connectivity index (χ1v) is 12.9. The fourth-order valence-corrected chi connectivity index (χ4v) is 5.88. The highest BCUT2D eigenvalue weighted by atomic mass is 32.2. The minimum atomic E-state index is -1.05. The van der Waals surface area contributed by atoms with E-state index in [1.165, 1.54) is 4.68 Å². The van der Waals surface area contributed by atoms with Crippen molar-refractivity contribution in [1.29, 1.82) is 0 Å². The van der Waals surface area contributed by atoms with Crippen molar-refractivity contribution in [2.45, 2.75) is 41.5 Å². The maximum Gasteiger partial charge on any atom is 0.325 e. The molecule has 0 spiro atoms. The van der Waals surface area contributed by atoms with Gasteiger partial charge in [-0.25, -0.2) is 14.5 Å². The van der Waals surface area contributed by atoms with Crippen molar-refractivity contribution in [1.82, 2.24) is 25.2 Å². The van der Waals surface area contributed by atoms with E-state index in [0.29, 0.717) is 26.3 Å². The Morgan fingerprint density at radius 3 is 2.61 bits per heavy atom. The average Bonchev–Trinajstić information content (AvgIpc) is 3.56. The highest BCUT2D eigenvalue weighted by Gasteiger charge is 2.27. The fourth-order valence-electron chi connectivity index (χ4n) is 3.90. The Labute approximate surface area is 215 Å². The van der Waals surface area contributed by atoms with Crippen molar-refractivity contribution in [3.05, 3.63) is 29.5 Å². The van der Waals surface area contributed by atoms with Gasteiger partial charge in [0, 0.05) is 38.3 Å². The number of hydrogen-bond donors (Lipinski definition) is 3. The molecule has 0 aliphatic heterocycles. The number of nitrogens with zero attached hydrogens (tertiary/aromatic N) is 6. The molecule has 1 aromatic carbocycles. The number of aliphatic carboxylic acids is 1. The number of carbonyl (C=O) groups is 3. The van der Waals surface area contributed by atoms with E-state index in [9.17, 15) is 19.5 Å². The molecule has 0 saturated heterocycles. The molecule has 12 nitrogen and oxygen atoms in total. The van der Waals surface area contributed by atoms with Crippen LogP contribution in [0.5, 0.6) is 0 Å². The molecule has 1 aliphatic carbocycles. The zero-order valence-electron chi connectivity index (χ0n) is 20.0. The number of aryl methyl sites for hydroxylation is 1. The molecule has 36 heavy (non-hydrogen) atoms. The molecule has 2 heterocycles. The van der Waals surface area contributed by atoms with E-state index in [2.05, 4.69) is 31.1 Å². The minimum absolute atomic E-state index is 0.0282. The molecule has 3 N–H and O–H groups in total. The summed E-state index contributed by atoms with van der Waals surface area (Å²) in [5.41, 5.74) is 2.04. The third-order valence-electron chi connectivity index (χ3n) is 5.73. The first kappa shape index (κ1) is 25.6. The lowest BCUT2D eigenvalue weighted by Crippen LogP contribution is -2.22. The Bertz CT molecular complexity index is 1280. The number of tetrazole rings is 1. The molecule has 3 aromatic rings. The van der Waals surface area contributed by atoms with Crippen LogP contribution in [0, 0.1) is 5.92 Å². The Morgan fingerprint density at radius 1 is 1.22 bits per heavy atom. The standard InChI is InChI=1S/C22H26N8O4S2/c1-29(2)13-8-9-15(14(10-13)18(33)12-6-4-5-7-12)23-20(34)25-21-24-16(11-17(31)32)19(35-21)36-22-26-27-28-30(22)3/h8-10,12H,4-7,11H2,1-3H3,(H,31,32)(H2,23,24,25,34). The van der Waals surface area contributed by atoms with Crippen LogP contribution >= 0.6 is 23.1 Å². The molecule has 1 saturated carbocycles. The van der Waals surface area contributed by atoms with Gasteiger partial charge in [0.2, 0.25) is 5.16 Å². The minimum Gasteiger partial charge on any atom is -0.481 e. The summed E-state index contributed by atoms with van der Waals surface area (Å²) in [6.45, 7) is 0. The van der Waals surface area contributed by atoms with Gasteiger partial charge in [0.1, 0.15) is 0 Å². The first-order chi connectivity index (χ1) is 17.2. The van der Waals surface area contributed by atoms with Crippen LogP contribution in [0.25, 0.3) is 0 Å². The molecule has 14 heteroatoms. The van der Waals surface area contributed by atoms with E-state index < -0.39 is 12.0 Å². The summed E-state index contributed by atoms with van der Waals surface area (Å²) in [6.07, 6.45) is 3.44. The van der Waals surface area contributed by atoms with Gasteiger partial charge in [-0.2, -0.15) is 0 Å². The average molecular weight is 531 g/mol. The number of anilines is 3. The number of hydrogen-bond acceptors (Lipinski definition) is 10. The number of carboxylic acids is 1. The Hall–Kier alpha value is -3.52. The highest BCUT2D eigenvalue weighted by molar-refractivity contribution is 8.01. The molecule has 190 valence electrons. The lowest BCUT2D eigenvalue weighted by Gasteiger charge is -2.18. The van der Waals surface area contributed by atoms with E-state index >= 15 is 0 Å². The van der Waals surface area contributed by atoms with Crippen LogP contribution in [0.3, 0.4) is 0 Å². The van der Waals surface area contributed by atoms with Crippen molar-refractivity contribution in [2.75, 3.05) is 29.6 Å². The molecule has 0 atom stereocenters. The molecular weight excluding hydrogens is 504 g/mol. The van der Waals surface area contributed by atoms with Crippen LogP contribution in [0.1, 0.15) is 41.7 Å². The Kier molecular flexibility index (Phi) is 7.84. The number of rotatable bonds is 9. The maximum atomic E-state index is 13.2. The van der Waals surface area contributed by atoms with Gasteiger partial charge < -0.3 is 15.3 Å². The summed E-state index contributed by atoms with van der Waals surface area (Å²) in [5, 5.41) is 26.6. The predicted molar refractivity (Wildman–Crippen MR) is 136 cm³/mol. The SMILES string of the molecule is CN(C)c1ccc(NC(=O)Nc2nc(CC(=O)O)c(Sc3nnnn3C)s2)c(C(=O)C2CCCC2)c1. The van der Waals surface area contributed by atoms with Crippen molar-refractivity contribution in [3.63, 3.8) is 0 Å². The number of urea groups is 1. The molecule has 0 bridgehead atoms. The number of nitrogens with one attached hydrogen (secondary N) is 2. The maximum absolute atomic E-state index is 13.2. The number of amides is 2. The van der Waals surface area contributed by atoms with Crippen LogP contribution in [0.15, 0.2) is 27.6 Å². The summed E-state index contributed by atoms with van der Waals surface area (Å²) < 4.78 is 2.01. The van der Waals surface area contributed by atoms with Crippen LogP contribution in [-0.2, 0) is 18.3 Å². The molecule has 2 amide bonds. The number of carbonyl (C=O) groups excluding carboxylic acids is 2. The molecule has 1 aliphatic rings. The van der Waals surface area contributed by atoms with Crippen LogP contribution in [-0.4, -0.2) is 62.2 Å². The number of thiazole rings is 1. The van der Waals surface area contributed by atoms with E-state index in [-0.39, 0.29) is 23.3 Å². The number of carboxylic acid groups (broad SMARTS) is 1. The van der Waals surface area contributed by atoms with Gasteiger partial charge >= 0.3 is 12.0 Å². The summed E-state index contributed by atoms with van der Waals surface area (Å²) in [7, 11) is 5.45. The zero-order valence-corrected chi connectivity index (χ0v) is 21.6. The second-order valence-electron chi connectivity index (χ2n) is 8.56. The van der Waals surface area contributed by atoms with Gasteiger partial charge in [0.05, 0.1) is 22.0 Å². The van der Waals surface area contributed by atoms with Crippen molar-refractivity contribution >= 4 is 57.4 Å². The van der Waals surface area contributed by atoms with Gasteiger partial charge in [0.15, 0.2) is 10.9 Å². The second-order valence-corrected chi connectivity index (χ2v) is 10.8. The van der Waals surface area contributed by atoms with Crippen molar-refractivity contribution in [3.8, 4) is 0 Å². The van der Waals surface area contributed by atoms with Crippen LogP contribution < -0.4 is 15.5 Å². The van der Waals surface area contributed by atoms with Gasteiger partial charge in [-0.05, 0) is 53.2 Å². The van der Waals surface area contributed by atoms with Gasteiger partial charge in [-0.3, -0.25) is 14.9 Å². The highest BCUT2D eigenvalue weighted by Crippen LogP contribution is 2.37. The summed E-state index contributed by atoms with van der Waals surface area (Å²) in [6, 6.07) is 4.77. The number of aromatic nitrogens is 5. The molecule has 1 fully saturated rings. The number of ketones is 1. The fraction of sp³-hybridized carbons (Fsp3) is 0.409. The lowest BCUT2D eigenvalue weighted by atomic mass is 9.94. The number of Topliss-reactive ketones (excluding diaryl/α,β-unsaturated/α-hetero) is 1. The largest absolute Gasteiger partial charge is 0.481 e. The van der Waals surface area contributed by atoms with E-state index in [4.69, 9.17) is 0 Å². The van der Waals surface area contributed by atoms with Crippen molar-refractivity contribution in [2.24, 2.45) is 13.0 Å². The summed E-state index contributed by atoms with van der Waals surface area (Å²) >= 11 is 2.28. The normalized spacial score (nSPS) is 13.5. The second kappa shape index (κ2) is 11.0. The Balaban J connectivity index is 1.54. The monoisotopic (exact) mass is 530 g/mol. The zero-order chi connectivity index (χ0) is 25.8. The van der Waals surface area contributed by atoms with Crippen LogP contribution in [0.2, 0.25) is 0 Å². The van der Waals surface area contributed by atoms with Crippen molar-refractivity contribution < 1.29 is 19.5 Å².